The number of pyridine rings is 1. The van der Waals surface area contributed by atoms with Crippen LogP contribution in [0.25, 0.3) is 22.2 Å². The number of hydrogen-bond donors (Lipinski definition) is 3. The largest absolute Gasteiger partial charge is 0.496 e. The Labute approximate surface area is 224 Å². The third kappa shape index (κ3) is 5.31. The Hall–Kier alpha value is -4.73. The van der Waals surface area contributed by atoms with Gasteiger partial charge in [0, 0.05) is 36.8 Å². The summed E-state index contributed by atoms with van der Waals surface area (Å²) in [5.74, 6) is -0.305. The first kappa shape index (κ1) is 25.9. The highest BCUT2D eigenvalue weighted by Gasteiger charge is 2.26. The number of aromatic nitrogens is 3. The van der Waals surface area contributed by atoms with Gasteiger partial charge in [-0.3, -0.25) is 19.7 Å². The normalized spacial score (nSPS) is 15.2. The third-order valence-corrected chi connectivity index (χ3v) is 7.00. The van der Waals surface area contributed by atoms with E-state index in [0.717, 1.165) is 46.6 Å². The van der Waals surface area contributed by atoms with Crippen molar-refractivity contribution in [3.05, 3.63) is 83.8 Å². The van der Waals surface area contributed by atoms with Crippen LogP contribution in [-0.2, 0) is 11.3 Å². The van der Waals surface area contributed by atoms with Crippen molar-refractivity contribution < 1.29 is 18.7 Å². The van der Waals surface area contributed by atoms with Crippen molar-refractivity contribution in [3.63, 3.8) is 0 Å². The number of nitrogen functional groups attached to an aromatic ring is 1. The van der Waals surface area contributed by atoms with Crippen molar-refractivity contribution >= 4 is 28.5 Å². The maximum atomic E-state index is 13.7. The maximum Gasteiger partial charge on any atom is 0.255 e. The monoisotopic (exact) mass is 528 g/mol. The Morgan fingerprint density at radius 2 is 2.05 bits per heavy atom. The highest BCUT2D eigenvalue weighted by molar-refractivity contribution is 6.00. The molecule has 5 rings (SSSR count). The van der Waals surface area contributed by atoms with Gasteiger partial charge in [-0.05, 0) is 48.7 Å². The number of fused-ring (bicyclic) bond motifs is 1. The maximum absolute atomic E-state index is 13.7. The first-order chi connectivity index (χ1) is 18.9. The summed E-state index contributed by atoms with van der Waals surface area (Å²) in [6.07, 6.45) is 3.14. The fourth-order valence-electron chi connectivity index (χ4n) is 4.97. The fourth-order valence-corrected chi connectivity index (χ4v) is 4.97. The Morgan fingerprint density at radius 1 is 1.26 bits per heavy atom. The smallest absolute Gasteiger partial charge is 0.255 e. The molecule has 200 valence electrons. The minimum absolute atomic E-state index is 0.0737. The van der Waals surface area contributed by atoms with Gasteiger partial charge in [-0.15, -0.1) is 0 Å². The number of ether oxygens (including phenoxy) is 1. The SMILES string of the molecule is C=CC(=O)N1CCCC(c2cc3[nH]nc(N)c3c(-c3ccc(CNC(=O)c4cc(F)ccc4OC)cc3)n2)C1. The molecule has 2 aromatic heterocycles. The molecule has 3 heterocycles. The van der Waals surface area contributed by atoms with E-state index in [9.17, 15) is 14.0 Å². The van der Waals surface area contributed by atoms with E-state index >= 15 is 0 Å². The number of likely N-dealkylation sites (tertiary alicyclic amines) is 1. The van der Waals surface area contributed by atoms with Crippen molar-refractivity contribution in [1.29, 1.82) is 0 Å². The lowest BCUT2D eigenvalue weighted by molar-refractivity contribution is -0.127. The van der Waals surface area contributed by atoms with Crippen molar-refractivity contribution in [1.82, 2.24) is 25.4 Å². The number of amides is 2. The van der Waals surface area contributed by atoms with Gasteiger partial charge in [0.2, 0.25) is 5.91 Å². The quantitative estimate of drug-likeness (QED) is 0.309. The zero-order chi connectivity index (χ0) is 27.5. The number of methoxy groups -OCH3 is 1. The average molecular weight is 529 g/mol. The molecule has 0 bridgehead atoms. The van der Waals surface area contributed by atoms with Gasteiger partial charge in [-0.25, -0.2) is 4.39 Å². The Bertz CT molecular complexity index is 1550. The van der Waals surface area contributed by atoms with E-state index in [1.807, 2.05) is 30.3 Å². The molecule has 1 aliphatic rings. The second kappa shape index (κ2) is 10.9. The summed E-state index contributed by atoms with van der Waals surface area (Å²) in [7, 11) is 1.43. The molecule has 10 heteroatoms. The molecular weight excluding hydrogens is 499 g/mol. The molecule has 1 fully saturated rings. The van der Waals surface area contributed by atoms with Gasteiger partial charge in [0.15, 0.2) is 5.82 Å². The van der Waals surface area contributed by atoms with Crippen LogP contribution in [0.15, 0.2) is 61.2 Å². The Morgan fingerprint density at radius 3 is 2.79 bits per heavy atom. The van der Waals surface area contributed by atoms with Gasteiger partial charge in [0.1, 0.15) is 11.6 Å². The first-order valence-corrected chi connectivity index (χ1v) is 12.6. The van der Waals surface area contributed by atoms with Crippen LogP contribution in [0.3, 0.4) is 0 Å². The minimum atomic E-state index is -0.516. The lowest BCUT2D eigenvalue weighted by Crippen LogP contribution is -2.38. The van der Waals surface area contributed by atoms with Crippen LogP contribution in [0.5, 0.6) is 5.75 Å². The van der Waals surface area contributed by atoms with Crippen LogP contribution in [-0.4, -0.2) is 52.1 Å². The summed E-state index contributed by atoms with van der Waals surface area (Å²) >= 11 is 0. The number of anilines is 1. The molecule has 0 saturated carbocycles. The zero-order valence-electron chi connectivity index (χ0n) is 21.5. The van der Waals surface area contributed by atoms with Crippen LogP contribution in [0.1, 0.15) is 40.4 Å². The number of halogens is 1. The molecule has 0 radical (unpaired) electrons. The summed E-state index contributed by atoms with van der Waals surface area (Å²) < 4.78 is 18.8. The number of hydrogen-bond acceptors (Lipinski definition) is 6. The van der Waals surface area contributed by atoms with Gasteiger partial charge < -0.3 is 20.7 Å². The minimum Gasteiger partial charge on any atom is -0.496 e. The van der Waals surface area contributed by atoms with Crippen LogP contribution in [0, 0.1) is 5.82 Å². The van der Waals surface area contributed by atoms with E-state index in [1.165, 1.54) is 25.3 Å². The Balaban J connectivity index is 1.38. The van der Waals surface area contributed by atoms with Gasteiger partial charge in [0.05, 0.1) is 29.3 Å². The van der Waals surface area contributed by atoms with E-state index in [4.69, 9.17) is 15.5 Å². The van der Waals surface area contributed by atoms with Crippen molar-refractivity contribution in [2.45, 2.75) is 25.3 Å². The molecule has 9 nitrogen and oxygen atoms in total. The predicted octanol–water partition coefficient (Wildman–Crippen LogP) is 4.18. The summed E-state index contributed by atoms with van der Waals surface area (Å²) in [6, 6.07) is 13.4. The molecule has 2 aromatic carbocycles. The molecule has 0 aliphatic carbocycles. The number of nitrogens with two attached hydrogens (primary N) is 1. The average Bonchev–Trinajstić information content (AvgIpc) is 3.35. The summed E-state index contributed by atoms with van der Waals surface area (Å²) in [5.41, 5.74) is 10.3. The van der Waals surface area contributed by atoms with Crippen LogP contribution < -0.4 is 15.8 Å². The van der Waals surface area contributed by atoms with E-state index in [1.54, 1.807) is 4.90 Å². The topological polar surface area (TPSA) is 126 Å². The summed E-state index contributed by atoms with van der Waals surface area (Å²) in [6.45, 7) is 5.13. The van der Waals surface area contributed by atoms with Gasteiger partial charge in [0.25, 0.3) is 5.91 Å². The molecular formula is C29H29FN6O3. The number of aromatic amines is 1. The first-order valence-electron chi connectivity index (χ1n) is 12.6. The van der Waals surface area contributed by atoms with Crippen molar-refractivity contribution in [2.75, 3.05) is 25.9 Å². The molecule has 0 spiro atoms. The van der Waals surface area contributed by atoms with Crippen molar-refractivity contribution in [3.8, 4) is 17.0 Å². The highest BCUT2D eigenvalue weighted by Crippen LogP contribution is 2.34. The lowest BCUT2D eigenvalue weighted by Gasteiger charge is -2.32. The number of piperidine rings is 1. The summed E-state index contributed by atoms with van der Waals surface area (Å²) in [5, 5.41) is 10.7. The Kier molecular flexibility index (Phi) is 7.27. The van der Waals surface area contributed by atoms with Gasteiger partial charge >= 0.3 is 0 Å². The number of benzene rings is 2. The molecule has 1 saturated heterocycles. The van der Waals surface area contributed by atoms with Gasteiger partial charge in [-0.2, -0.15) is 5.10 Å². The molecule has 1 atom stereocenters. The standard InChI is InChI=1S/C29H29FN6O3/c1-3-25(37)36-12-4-5-19(16-36)22-14-23-26(28(31)35-34-23)27(33-22)18-8-6-17(7-9-18)15-32-29(38)21-13-20(30)10-11-24(21)39-2/h3,6-11,13-14,19H,1,4-5,12,15-16H2,2H3,(H,32,38)(H3,31,34,35). The van der Waals surface area contributed by atoms with Crippen molar-refractivity contribution in [2.24, 2.45) is 0 Å². The number of nitrogens with zero attached hydrogens (tertiary/aromatic N) is 3. The molecule has 39 heavy (non-hydrogen) atoms. The zero-order valence-corrected chi connectivity index (χ0v) is 21.5. The van der Waals surface area contributed by atoms with E-state index < -0.39 is 11.7 Å². The second-order valence-corrected chi connectivity index (χ2v) is 9.48. The number of H-pyrrole nitrogens is 1. The molecule has 1 unspecified atom stereocenters. The predicted molar refractivity (Wildman–Crippen MR) is 147 cm³/mol. The molecule has 2 amide bonds. The van der Waals surface area contributed by atoms with E-state index in [0.29, 0.717) is 30.4 Å². The van der Waals surface area contributed by atoms with Crippen LogP contribution in [0.2, 0.25) is 0 Å². The number of nitrogens with one attached hydrogen (secondary N) is 2. The van der Waals surface area contributed by atoms with Gasteiger partial charge in [-0.1, -0.05) is 30.8 Å². The third-order valence-electron chi connectivity index (χ3n) is 7.00. The van der Waals surface area contributed by atoms with E-state index in [-0.39, 0.29) is 23.9 Å². The fraction of sp³-hybridized carbons (Fsp3) is 0.241. The summed E-state index contributed by atoms with van der Waals surface area (Å²) in [4.78, 5) is 31.6. The molecule has 1 aliphatic heterocycles. The molecule has 4 aromatic rings. The highest BCUT2D eigenvalue weighted by atomic mass is 19.1. The number of carbonyl (C=O) groups is 2. The second-order valence-electron chi connectivity index (χ2n) is 9.48. The molecule has 4 N–H and O–H groups in total. The van der Waals surface area contributed by atoms with Crippen LogP contribution in [0.4, 0.5) is 10.2 Å². The lowest BCUT2D eigenvalue weighted by atomic mass is 9.93. The van der Waals surface area contributed by atoms with E-state index in [2.05, 4.69) is 22.1 Å². The number of carbonyl (C=O) groups excluding carboxylic acids is 2. The van der Waals surface area contributed by atoms with Crippen LogP contribution >= 0.6 is 0 Å². The number of rotatable bonds is 7.